The molecule has 33 heavy (non-hydrogen) atoms. The standard InChI is InChI=1S/C26H22FN5O/c1-15-10-23-29-14-17-11-21(20-4-2-3-5-22(20)27)24(30-25(17)32(23)31-15)16-6-8-18(9-7-16)26(28)12-19(33)13-26/h2-11,14,19,33H,12-13,28H2,1H3/t19-,26-. The molecule has 1 saturated carbocycles. The van der Waals surface area contributed by atoms with Crippen molar-refractivity contribution in [2.24, 2.45) is 5.73 Å². The largest absolute Gasteiger partial charge is 0.393 e. The summed E-state index contributed by atoms with van der Waals surface area (Å²) in [7, 11) is 0. The minimum absolute atomic E-state index is 0.315. The highest BCUT2D eigenvalue weighted by Crippen LogP contribution is 2.40. The molecule has 0 atom stereocenters. The molecule has 0 aliphatic heterocycles. The number of nitrogens with two attached hydrogens (primary N) is 1. The first-order chi connectivity index (χ1) is 15.9. The Morgan fingerprint density at radius 1 is 1.06 bits per heavy atom. The summed E-state index contributed by atoms with van der Waals surface area (Å²) in [6.45, 7) is 1.91. The Bertz CT molecular complexity index is 1520. The number of aryl methyl sites for hydroxylation is 1. The van der Waals surface area contributed by atoms with Gasteiger partial charge in [0.15, 0.2) is 11.3 Å². The summed E-state index contributed by atoms with van der Waals surface area (Å²) in [6.07, 6.45) is 2.49. The van der Waals surface area contributed by atoms with E-state index < -0.39 is 5.54 Å². The summed E-state index contributed by atoms with van der Waals surface area (Å²) in [4.78, 5) is 9.45. The van der Waals surface area contributed by atoms with E-state index in [1.54, 1.807) is 22.8 Å². The molecule has 6 nitrogen and oxygen atoms in total. The van der Waals surface area contributed by atoms with E-state index in [0.29, 0.717) is 41.0 Å². The summed E-state index contributed by atoms with van der Waals surface area (Å²) in [5.74, 6) is -0.315. The fourth-order valence-electron chi connectivity index (χ4n) is 4.73. The number of benzene rings is 2. The van der Waals surface area contributed by atoms with Gasteiger partial charge in [0, 0.05) is 39.9 Å². The van der Waals surface area contributed by atoms with E-state index in [1.165, 1.54) is 6.07 Å². The molecule has 0 spiro atoms. The van der Waals surface area contributed by atoms with Gasteiger partial charge >= 0.3 is 0 Å². The van der Waals surface area contributed by atoms with Gasteiger partial charge < -0.3 is 10.8 Å². The highest BCUT2D eigenvalue weighted by Gasteiger charge is 2.41. The minimum atomic E-state index is -0.506. The number of fused-ring (bicyclic) bond motifs is 3. The van der Waals surface area contributed by atoms with Crippen molar-refractivity contribution >= 4 is 16.7 Å². The predicted molar refractivity (Wildman–Crippen MR) is 125 cm³/mol. The molecule has 0 saturated heterocycles. The van der Waals surface area contributed by atoms with Crippen molar-refractivity contribution in [3.05, 3.63) is 83.9 Å². The Morgan fingerprint density at radius 3 is 2.55 bits per heavy atom. The highest BCUT2D eigenvalue weighted by atomic mass is 19.1. The van der Waals surface area contributed by atoms with E-state index in [2.05, 4.69) is 10.1 Å². The molecule has 0 bridgehead atoms. The molecule has 0 radical (unpaired) electrons. The maximum absolute atomic E-state index is 14.8. The molecule has 0 amide bonds. The number of rotatable bonds is 3. The zero-order valence-electron chi connectivity index (χ0n) is 18.0. The average molecular weight is 439 g/mol. The minimum Gasteiger partial charge on any atom is -0.393 e. The Balaban J connectivity index is 1.57. The Hall–Kier alpha value is -3.68. The number of pyridine rings is 1. The molecule has 6 rings (SSSR count). The number of aliphatic hydroxyl groups is 1. The van der Waals surface area contributed by atoms with Gasteiger partial charge in [-0.25, -0.2) is 14.4 Å². The van der Waals surface area contributed by atoms with Crippen LogP contribution in [-0.4, -0.2) is 30.8 Å². The van der Waals surface area contributed by atoms with E-state index in [1.807, 2.05) is 49.4 Å². The van der Waals surface area contributed by atoms with Crippen LogP contribution in [0.1, 0.15) is 24.1 Å². The lowest BCUT2D eigenvalue weighted by Crippen LogP contribution is -2.51. The first kappa shape index (κ1) is 20.0. The molecule has 3 heterocycles. The molecule has 164 valence electrons. The van der Waals surface area contributed by atoms with Crippen LogP contribution in [0.5, 0.6) is 0 Å². The van der Waals surface area contributed by atoms with Crippen LogP contribution in [0.4, 0.5) is 4.39 Å². The smallest absolute Gasteiger partial charge is 0.165 e. The van der Waals surface area contributed by atoms with Gasteiger partial charge in [-0.2, -0.15) is 9.61 Å². The third-order valence-corrected chi connectivity index (χ3v) is 6.48. The third kappa shape index (κ3) is 3.20. The average Bonchev–Trinajstić information content (AvgIpc) is 3.18. The maximum atomic E-state index is 14.8. The molecule has 1 aliphatic rings. The normalized spacial score (nSPS) is 20.3. The lowest BCUT2D eigenvalue weighted by molar-refractivity contribution is 0.0209. The van der Waals surface area contributed by atoms with Crippen LogP contribution in [0, 0.1) is 12.7 Å². The van der Waals surface area contributed by atoms with Crippen LogP contribution in [0.25, 0.3) is 39.1 Å². The predicted octanol–water partition coefficient (Wildman–Crippen LogP) is 4.37. The molecular formula is C26H22FN5O. The van der Waals surface area contributed by atoms with Crippen LogP contribution in [0.2, 0.25) is 0 Å². The van der Waals surface area contributed by atoms with Gasteiger partial charge in [-0.15, -0.1) is 0 Å². The third-order valence-electron chi connectivity index (χ3n) is 6.48. The summed E-state index contributed by atoms with van der Waals surface area (Å²) in [6, 6.07) is 18.4. The monoisotopic (exact) mass is 439 g/mol. The molecule has 7 heteroatoms. The number of aromatic nitrogens is 4. The van der Waals surface area contributed by atoms with Gasteiger partial charge in [0.25, 0.3) is 0 Å². The SMILES string of the molecule is Cc1cc2ncc3cc(-c4ccccc4F)c(-c4ccc([C@]5(N)C[C@H](O)C5)cc4)nc3n2n1. The van der Waals surface area contributed by atoms with Crippen molar-refractivity contribution in [2.45, 2.75) is 31.4 Å². The first-order valence-corrected chi connectivity index (χ1v) is 10.9. The topological polar surface area (TPSA) is 89.3 Å². The van der Waals surface area contributed by atoms with Gasteiger partial charge in [-0.05, 0) is 37.5 Å². The second-order valence-electron chi connectivity index (χ2n) is 8.89. The summed E-state index contributed by atoms with van der Waals surface area (Å²) in [5, 5.41) is 15.0. The molecule has 0 unspecified atom stereocenters. The molecule has 5 aromatic rings. The van der Waals surface area contributed by atoms with Crippen molar-refractivity contribution in [1.82, 2.24) is 19.6 Å². The molecular weight excluding hydrogens is 417 g/mol. The van der Waals surface area contributed by atoms with E-state index in [4.69, 9.17) is 10.7 Å². The van der Waals surface area contributed by atoms with Crippen molar-refractivity contribution < 1.29 is 9.50 Å². The number of halogens is 1. The molecule has 3 N–H and O–H groups in total. The van der Waals surface area contributed by atoms with Crippen LogP contribution in [-0.2, 0) is 5.54 Å². The van der Waals surface area contributed by atoms with Gasteiger partial charge in [-0.1, -0.05) is 42.5 Å². The molecule has 1 aliphatic carbocycles. The number of hydrogen-bond acceptors (Lipinski definition) is 5. The van der Waals surface area contributed by atoms with Crippen LogP contribution < -0.4 is 5.73 Å². The molecule has 3 aromatic heterocycles. The second kappa shape index (κ2) is 7.16. The van der Waals surface area contributed by atoms with Gasteiger partial charge in [0.05, 0.1) is 17.5 Å². The van der Waals surface area contributed by atoms with Gasteiger partial charge in [0.1, 0.15) is 5.82 Å². The Labute approximate surface area is 189 Å². The van der Waals surface area contributed by atoms with Crippen LogP contribution >= 0.6 is 0 Å². The van der Waals surface area contributed by atoms with E-state index >= 15 is 0 Å². The summed E-state index contributed by atoms with van der Waals surface area (Å²) >= 11 is 0. The van der Waals surface area contributed by atoms with E-state index in [0.717, 1.165) is 22.2 Å². The lowest BCUT2D eigenvalue weighted by atomic mass is 9.70. The molecule has 2 aromatic carbocycles. The number of aliphatic hydroxyl groups excluding tert-OH is 1. The Morgan fingerprint density at radius 2 is 1.82 bits per heavy atom. The molecule has 1 fully saturated rings. The van der Waals surface area contributed by atoms with Crippen molar-refractivity contribution in [2.75, 3.05) is 0 Å². The summed E-state index contributed by atoms with van der Waals surface area (Å²) < 4.78 is 16.6. The van der Waals surface area contributed by atoms with Crippen LogP contribution in [0.3, 0.4) is 0 Å². The highest BCUT2D eigenvalue weighted by molar-refractivity contribution is 5.90. The summed E-state index contributed by atoms with van der Waals surface area (Å²) in [5.41, 5.74) is 11.8. The van der Waals surface area contributed by atoms with E-state index in [-0.39, 0.29) is 11.9 Å². The van der Waals surface area contributed by atoms with Gasteiger partial charge in [-0.3, -0.25) is 0 Å². The van der Waals surface area contributed by atoms with Crippen molar-refractivity contribution in [1.29, 1.82) is 0 Å². The lowest BCUT2D eigenvalue weighted by Gasteiger charge is -2.42. The van der Waals surface area contributed by atoms with Gasteiger partial charge in [0.2, 0.25) is 0 Å². The maximum Gasteiger partial charge on any atom is 0.165 e. The second-order valence-corrected chi connectivity index (χ2v) is 8.89. The first-order valence-electron chi connectivity index (χ1n) is 10.9. The zero-order valence-corrected chi connectivity index (χ0v) is 18.0. The quantitative estimate of drug-likeness (QED) is 0.436. The fourth-order valence-corrected chi connectivity index (χ4v) is 4.73. The number of nitrogens with zero attached hydrogens (tertiary/aromatic N) is 4. The van der Waals surface area contributed by atoms with Crippen molar-refractivity contribution in [3.63, 3.8) is 0 Å². The van der Waals surface area contributed by atoms with Crippen LogP contribution in [0.15, 0.2) is 66.9 Å². The Kier molecular flexibility index (Phi) is 4.33. The zero-order chi connectivity index (χ0) is 22.7. The fraction of sp³-hybridized carbons (Fsp3) is 0.192. The van der Waals surface area contributed by atoms with E-state index in [9.17, 15) is 9.50 Å². The number of hydrogen-bond donors (Lipinski definition) is 2. The van der Waals surface area contributed by atoms with Crippen molar-refractivity contribution in [3.8, 4) is 22.4 Å².